The van der Waals surface area contributed by atoms with Gasteiger partial charge >= 0.3 is 0 Å². The molecule has 2 amide bonds. The van der Waals surface area contributed by atoms with Gasteiger partial charge in [0.2, 0.25) is 11.8 Å². The van der Waals surface area contributed by atoms with Crippen LogP contribution in [0.3, 0.4) is 0 Å². The number of hydrogen-bond acceptors (Lipinski definition) is 3. The molecule has 1 atom stereocenters. The van der Waals surface area contributed by atoms with E-state index in [2.05, 4.69) is 4.90 Å². The molecule has 1 aliphatic rings. The van der Waals surface area contributed by atoms with E-state index < -0.39 is 0 Å². The monoisotopic (exact) mass is 228 g/mol. The van der Waals surface area contributed by atoms with E-state index in [4.69, 9.17) is 0 Å². The van der Waals surface area contributed by atoms with E-state index in [0.29, 0.717) is 13.0 Å². The predicted molar refractivity (Wildman–Crippen MR) is 65.0 cm³/mol. The van der Waals surface area contributed by atoms with Crippen molar-refractivity contribution in [2.75, 3.05) is 27.2 Å². The average molecular weight is 228 g/mol. The lowest BCUT2D eigenvalue weighted by molar-refractivity contribution is -0.139. The number of likely N-dealkylation sites (tertiary alicyclic amines) is 1. The van der Waals surface area contributed by atoms with E-state index >= 15 is 0 Å². The number of amides is 2. The second-order valence-electron chi connectivity index (χ2n) is 4.15. The topological polar surface area (TPSA) is 40.6 Å². The molecule has 0 aliphatic carbocycles. The molecular formula is C12H24N2O2. The van der Waals surface area contributed by atoms with Crippen molar-refractivity contribution < 1.29 is 9.59 Å². The molecule has 0 radical (unpaired) electrons. The van der Waals surface area contributed by atoms with Gasteiger partial charge in [-0.1, -0.05) is 20.8 Å². The van der Waals surface area contributed by atoms with Gasteiger partial charge in [0, 0.05) is 18.9 Å². The van der Waals surface area contributed by atoms with Gasteiger partial charge in [0.25, 0.3) is 0 Å². The van der Waals surface area contributed by atoms with E-state index in [9.17, 15) is 9.59 Å². The first-order valence-electron chi connectivity index (χ1n) is 6.01. The van der Waals surface area contributed by atoms with Crippen LogP contribution in [-0.2, 0) is 9.59 Å². The second-order valence-corrected chi connectivity index (χ2v) is 4.15. The molecule has 1 heterocycles. The summed E-state index contributed by atoms with van der Waals surface area (Å²) in [6, 6.07) is 0. The number of imide groups is 1. The van der Waals surface area contributed by atoms with Crippen molar-refractivity contribution in [2.24, 2.45) is 5.92 Å². The van der Waals surface area contributed by atoms with Crippen LogP contribution in [-0.4, -0.2) is 48.8 Å². The fourth-order valence-electron chi connectivity index (χ4n) is 1.63. The summed E-state index contributed by atoms with van der Waals surface area (Å²) in [6.07, 6.45) is 1.25. The van der Waals surface area contributed by atoms with Crippen LogP contribution in [0.15, 0.2) is 0 Å². The molecule has 0 aromatic carbocycles. The average Bonchev–Trinajstić information content (AvgIpc) is 2.47. The minimum Gasteiger partial charge on any atom is -0.309 e. The SMILES string of the molecule is CC.CC1CC(=O)N(CCCN(C)C)C1=O. The van der Waals surface area contributed by atoms with Crippen LogP contribution < -0.4 is 0 Å². The maximum absolute atomic E-state index is 11.5. The molecular weight excluding hydrogens is 204 g/mol. The van der Waals surface area contributed by atoms with E-state index in [1.165, 1.54) is 4.90 Å². The lowest BCUT2D eigenvalue weighted by Crippen LogP contribution is -2.32. The fourth-order valence-corrected chi connectivity index (χ4v) is 1.63. The summed E-state index contributed by atoms with van der Waals surface area (Å²) < 4.78 is 0. The van der Waals surface area contributed by atoms with Crippen molar-refractivity contribution in [1.29, 1.82) is 0 Å². The fraction of sp³-hybridized carbons (Fsp3) is 0.833. The Labute approximate surface area is 98.6 Å². The standard InChI is InChI=1S/C10H18N2O2.C2H6/c1-8-7-9(13)12(10(8)14)6-4-5-11(2)3;1-2/h8H,4-7H2,1-3H3;1-2H3. The lowest BCUT2D eigenvalue weighted by Gasteiger charge is -2.15. The first-order valence-corrected chi connectivity index (χ1v) is 6.01. The van der Waals surface area contributed by atoms with E-state index in [-0.39, 0.29) is 17.7 Å². The van der Waals surface area contributed by atoms with Gasteiger partial charge in [0.1, 0.15) is 0 Å². The highest BCUT2D eigenvalue weighted by Crippen LogP contribution is 2.18. The zero-order valence-corrected chi connectivity index (χ0v) is 11.1. The summed E-state index contributed by atoms with van der Waals surface area (Å²) >= 11 is 0. The number of hydrogen-bond donors (Lipinski definition) is 0. The molecule has 0 aromatic heterocycles. The molecule has 1 unspecified atom stereocenters. The van der Waals surface area contributed by atoms with Gasteiger partial charge in [-0.2, -0.15) is 0 Å². The quantitative estimate of drug-likeness (QED) is 0.682. The lowest BCUT2D eigenvalue weighted by atomic mass is 10.1. The van der Waals surface area contributed by atoms with Crippen LogP contribution in [0.1, 0.15) is 33.6 Å². The Morgan fingerprint density at radius 1 is 1.31 bits per heavy atom. The Balaban J connectivity index is 0.00000106. The number of nitrogens with zero attached hydrogens (tertiary/aromatic N) is 2. The number of carbonyl (C=O) groups excluding carboxylic acids is 2. The Bertz CT molecular complexity index is 239. The van der Waals surface area contributed by atoms with Gasteiger partial charge in [-0.05, 0) is 27.1 Å². The smallest absolute Gasteiger partial charge is 0.232 e. The van der Waals surface area contributed by atoms with Crippen molar-refractivity contribution in [2.45, 2.75) is 33.6 Å². The maximum Gasteiger partial charge on any atom is 0.232 e. The molecule has 1 aliphatic heterocycles. The Kier molecular flexibility index (Phi) is 6.97. The molecule has 4 nitrogen and oxygen atoms in total. The third kappa shape index (κ3) is 4.31. The van der Waals surface area contributed by atoms with Gasteiger partial charge in [-0.25, -0.2) is 0 Å². The van der Waals surface area contributed by atoms with Crippen LogP contribution in [0.5, 0.6) is 0 Å². The van der Waals surface area contributed by atoms with Gasteiger partial charge in [0.05, 0.1) is 0 Å². The summed E-state index contributed by atoms with van der Waals surface area (Å²) in [6.45, 7) is 7.29. The van der Waals surface area contributed by atoms with E-state index in [0.717, 1.165) is 13.0 Å². The second kappa shape index (κ2) is 7.39. The van der Waals surface area contributed by atoms with Crippen molar-refractivity contribution in [1.82, 2.24) is 9.80 Å². The summed E-state index contributed by atoms with van der Waals surface area (Å²) in [4.78, 5) is 26.3. The minimum absolute atomic E-state index is 0.00578. The predicted octanol–water partition coefficient (Wildman–Crippen LogP) is 1.36. The molecule has 1 fully saturated rings. The normalized spacial score (nSPS) is 20.1. The van der Waals surface area contributed by atoms with Crippen molar-refractivity contribution in [3.05, 3.63) is 0 Å². The Morgan fingerprint density at radius 2 is 1.88 bits per heavy atom. The third-order valence-corrected chi connectivity index (χ3v) is 2.46. The van der Waals surface area contributed by atoms with Gasteiger partial charge in [-0.15, -0.1) is 0 Å². The third-order valence-electron chi connectivity index (χ3n) is 2.46. The molecule has 0 N–H and O–H groups in total. The number of rotatable bonds is 4. The van der Waals surface area contributed by atoms with Crippen LogP contribution in [0.2, 0.25) is 0 Å². The molecule has 94 valence electrons. The zero-order valence-electron chi connectivity index (χ0n) is 11.1. The number of carbonyl (C=O) groups is 2. The highest BCUT2D eigenvalue weighted by molar-refractivity contribution is 6.03. The van der Waals surface area contributed by atoms with Crippen molar-refractivity contribution in [3.63, 3.8) is 0 Å². The Morgan fingerprint density at radius 3 is 2.25 bits per heavy atom. The highest BCUT2D eigenvalue weighted by atomic mass is 16.2. The molecule has 4 heteroatoms. The molecule has 0 spiro atoms. The summed E-state index contributed by atoms with van der Waals surface area (Å²) in [7, 11) is 3.96. The van der Waals surface area contributed by atoms with E-state index in [1.54, 1.807) is 0 Å². The van der Waals surface area contributed by atoms with Gasteiger partial charge in [0.15, 0.2) is 0 Å². The van der Waals surface area contributed by atoms with Crippen LogP contribution in [0.4, 0.5) is 0 Å². The zero-order chi connectivity index (χ0) is 12.7. The van der Waals surface area contributed by atoms with Gasteiger partial charge < -0.3 is 4.90 Å². The molecule has 0 saturated carbocycles. The van der Waals surface area contributed by atoms with Crippen LogP contribution >= 0.6 is 0 Å². The van der Waals surface area contributed by atoms with Crippen molar-refractivity contribution >= 4 is 11.8 Å². The first kappa shape index (κ1) is 15.1. The molecule has 16 heavy (non-hydrogen) atoms. The Hall–Kier alpha value is -0.900. The molecule has 0 aromatic rings. The molecule has 0 bridgehead atoms. The summed E-state index contributed by atoms with van der Waals surface area (Å²) in [5.41, 5.74) is 0. The largest absolute Gasteiger partial charge is 0.309 e. The van der Waals surface area contributed by atoms with Crippen LogP contribution in [0.25, 0.3) is 0 Å². The molecule has 1 saturated heterocycles. The van der Waals surface area contributed by atoms with Crippen LogP contribution in [0, 0.1) is 5.92 Å². The molecule has 1 rings (SSSR count). The highest BCUT2D eigenvalue weighted by Gasteiger charge is 2.34. The minimum atomic E-state index is -0.109. The van der Waals surface area contributed by atoms with E-state index in [1.807, 2.05) is 34.9 Å². The van der Waals surface area contributed by atoms with Crippen molar-refractivity contribution in [3.8, 4) is 0 Å². The van der Waals surface area contributed by atoms with Gasteiger partial charge in [-0.3, -0.25) is 14.5 Å². The summed E-state index contributed by atoms with van der Waals surface area (Å²) in [5, 5.41) is 0. The first-order chi connectivity index (χ1) is 7.52. The summed E-state index contributed by atoms with van der Waals surface area (Å²) in [5.74, 6) is -0.128. The maximum atomic E-state index is 11.5.